The van der Waals surface area contributed by atoms with E-state index in [-0.39, 0.29) is 45.9 Å². The standard InChI is InChI=1S/C33H55N5O5/c1-19(35-23(18-43-8)31(2,3)4)36-27(33(7)14-10-9-11-15-33)30(42)38-17-21-24(32(21,5)6)25(38)29(41)37-22(16-20-12-13-20)26(39)28(34)40/h20-25,27,35-36H,1,9-18H2,2-8H3,(H2,34,40)(H,37,41)/t21?,22?,23-,24+,25?,27?/m1/s1. The number of likely N-dealkylation sites (tertiary alicyclic amines) is 1. The number of ether oxygens (including phenoxy) is 1. The Bertz CT molecular complexity index is 1100. The molecule has 0 spiro atoms. The van der Waals surface area contributed by atoms with E-state index in [0.717, 1.165) is 44.9 Å². The molecule has 6 atom stereocenters. The molecule has 1 saturated heterocycles. The van der Waals surface area contributed by atoms with E-state index >= 15 is 0 Å². The van der Waals surface area contributed by atoms with E-state index in [1.165, 1.54) is 0 Å². The van der Waals surface area contributed by atoms with Gasteiger partial charge in [-0.15, -0.1) is 0 Å². The second-order valence-electron chi connectivity index (χ2n) is 15.6. The van der Waals surface area contributed by atoms with Gasteiger partial charge in [0.25, 0.3) is 5.91 Å². The molecule has 1 heterocycles. The summed E-state index contributed by atoms with van der Waals surface area (Å²) < 4.78 is 5.46. The number of carbonyl (C=O) groups excluding carboxylic acids is 4. The highest BCUT2D eigenvalue weighted by Crippen LogP contribution is 2.65. The molecule has 3 aliphatic carbocycles. The third kappa shape index (κ3) is 7.21. The number of hydrogen-bond acceptors (Lipinski definition) is 7. The van der Waals surface area contributed by atoms with Crippen LogP contribution in [0.25, 0.3) is 0 Å². The van der Waals surface area contributed by atoms with Gasteiger partial charge in [-0.05, 0) is 53.3 Å². The lowest BCUT2D eigenvalue weighted by Gasteiger charge is -2.44. The number of ketones is 1. The van der Waals surface area contributed by atoms with E-state index in [9.17, 15) is 19.2 Å². The molecule has 0 aromatic carbocycles. The number of carbonyl (C=O) groups is 4. The van der Waals surface area contributed by atoms with E-state index in [2.05, 4.69) is 64.1 Å². The lowest BCUT2D eigenvalue weighted by atomic mass is 9.70. The van der Waals surface area contributed by atoms with Gasteiger partial charge in [0.1, 0.15) is 12.1 Å². The quantitative estimate of drug-likeness (QED) is 0.224. The van der Waals surface area contributed by atoms with Crippen molar-refractivity contribution in [1.82, 2.24) is 20.9 Å². The van der Waals surface area contributed by atoms with E-state index in [0.29, 0.717) is 31.3 Å². The fourth-order valence-electron chi connectivity index (χ4n) is 7.61. The molecular weight excluding hydrogens is 546 g/mol. The molecule has 5 N–H and O–H groups in total. The minimum absolute atomic E-state index is 0.0187. The van der Waals surface area contributed by atoms with Crippen LogP contribution in [0.4, 0.5) is 0 Å². The monoisotopic (exact) mass is 601 g/mol. The summed E-state index contributed by atoms with van der Waals surface area (Å²) in [7, 11) is 1.67. The zero-order chi connectivity index (χ0) is 31.9. The van der Waals surface area contributed by atoms with Crippen LogP contribution < -0.4 is 21.7 Å². The number of rotatable bonds is 14. The van der Waals surface area contributed by atoms with Gasteiger partial charge >= 0.3 is 0 Å². The van der Waals surface area contributed by atoms with Crippen LogP contribution in [0.1, 0.15) is 92.9 Å². The number of piperidine rings is 1. The van der Waals surface area contributed by atoms with Crippen molar-refractivity contribution in [2.45, 2.75) is 117 Å². The van der Waals surface area contributed by atoms with E-state index < -0.39 is 29.8 Å². The topological polar surface area (TPSA) is 143 Å². The number of nitrogens with zero attached hydrogens (tertiary/aromatic N) is 1. The van der Waals surface area contributed by atoms with Gasteiger partial charge in [-0.1, -0.05) is 80.2 Å². The predicted octanol–water partition coefficient (Wildman–Crippen LogP) is 2.86. The lowest BCUT2D eigenvalue weighted by Crippen LogP contribution is -2.61. The Labute approximate surface area is 257 Å². The minimum atomic E-state index is -1.04. The van der Waals surface area contributed by atoms with Gasteiger partial charge in [-0.3, -0.25) is 19.2 Å². The molecule has 0 radical (unpaired) electrons. The first-order valence-electron chi connectivity index (χ1n) is 16.2. The van der Waals surface area contributed by atoms with Crippen molar-refractivity contribution in [1.29, 1.82) is 0 Å². The first-order chi connectivity index (χ1) is 20.0. The van der Waals surface area contributed by atoms with Crippen LogP contribution in [-0.4, -0.2) is 72.8 Å². The van der Waals surface area contributed by atoms with Gasteiger partial charge < -0.3 is 31.3 Å². The van der Waals surface area contributed by atoms with Crippen LogP contribution in [0.5, 0.6) is 0 Å². The number of primary amides is 1. The number of methoxy groups -OCH3 is 1. The number of nitrogens with two attached hydrogens (primary N) is 1. The molecule has 4 rings (SSSR count). The van der Waals surface area contributed by atoms with Crippen molar-refractivity contribution in [3.63, 3.8) is 0 Å². The molecule has 10 nitrogen and oxygen atoms in total. The summed E-state index contributed by atoms with van der Waals surface area (Å²) in [5.74, 6) is -1.28. The van der Waals surface area contributed by atoms with E-state index in [4.69, 9.17) is 10.5 Å². The third-order valence-corrected chi connectivity index (χ3v) is 10.9. The van der Waals surface area contributed by atoms with Crippen LogP contribution in [0, 0.1) is 34.0 Å². The Balaban J connectivity index is 1.59. The van der Waals surface area contributed by atoms with Crippen molar-refractivity contribution < 1.29 is 23.9 Å². The highest BCUT2D eigenvalue weighted by Gasteiger charge is 2.70. The average Bonchev–Trinajstić information content (AvgIpc) is 3.77. The average molecular weight is 602 g/mol. The molecule has 1 aliphatic heterocycles. The molecule has 4 aliphatic rings. The van der Waals surface area contributed by atoms with Crippen molar-refractivity contribution in [3.05, 3.63) is 12.4 Å². The normalized spacial score (nSPS) is 27.7. The Kier molecular flexibility index (Phi) is 9.60. The summed E-state index contributed by atoms with van der Waals surface area (Å²) in [5, 5.41) is 9.82. The van der Waals surface area contributed by atoms with Gasteiger partial charge in [0.15, 0.2) is 0 Å². The Morgan fingerprint density at radius 2 is 1.65 bits per heavy atom. The Morgan fingerprint density at radius 3 is 2.19 bits per heavy atom. The number of fused-ring (bicyclic) bond motifs is 1. The third-order valence-electron chi connectivity index (χ3n) is 10.9. The predicted molar refractivity (Wildman–Crippen MR) is 165 cm³/mol. The van der Waals surface area contributed by atoms with Gasteiger partial charge in [0, 0.05) is 13.7 Å². The molecule has 0 aromatic rings. The van der Waals surface area contributed by atoms with E-state index in [1.807, 2.05) is 0 Å². The van der Waals surface area contributed by atoms with Crippen LogP contribution >= 0.6 is 0 Å². The van der Waals surface area contributed by atoms with Crippen LogP contribution in [0.3, 0.4) is 0 Å². The molecule has 43 heavy (non-hydrogen) atoms. The zero-order valence-corrected chi connectivity index (χ0v) is 27.4. The summed E-state index contributed by atoms with van der Waals surface area (Å²) >= 11 is 0. The van der Waals surface area contributed by atoms with Crippen LogP contribution in [0.15, 0.2) is 12.4 Å². The summed E-state index contributed by atoms with van der Waals surface area (Å²) in [6.45, 7) is 18.0. The van der Waals surface area contributed by atoms with E-state index in [1.54, 1.807) is 12.0 Å². The lowest BCUT2D eigenvalue weighted by molar-refractivity contribution is -0.146. The van der Waals surface area contributed by atoms with Crippen LogP contribution in [0.2, 0.25) is 0 Å². The largest absolute Gasteiger partial charge is 0.383 e. The first-order valence-corrected chi connectivity index (χ1v) is 16.2. The SMILES string of the molecule is C=C(NC(C(=O)N1CC2[C@@H](C1C(=O)NC(CC1CC1)C(=O)C(N)=O)C2(C)C)C1(C)CCCCC1)N[C@H](COC)C(C)(C)C. The van der Waals surface area contributed by atoms with Gasteiger partial charge in [0.2, 0.25) is 17.6 Å². The molecule has 0 bridgehead atoms. The second kappa shape index (κ2) is 12.4. The number of nitrogens with one attached hydrogen (secondary N) is 3. The maximum Gasteiger partial charge on any atom is 0.287 e. The van der Waals surface area contributed by atoms with Crippen molar-refractivity contribution >= 4 is 23.5 Å². The molecular formula is C33H55N5O5. The second-order valence-corrected chi connectivity index (χ2v) is 15.6. The highest BCUT2D eigenvalue weighted by molar-refractivity contribution is 6.37. The van der Waals surface area contributed by atoms with Gasteiger partial charge in [-0.25, -0.2) is 0 Å². The fraction of sp³-hybridized carbons (Fsp3) is 0.818. The number of amides is 3. The molecule has 4 fully saturated rings. The van der Waals surface area contributed by atoms with Gasteiger partial charge in [0.05, 0.1) is 24.5 Å². The molecule has 4 unspecified atom stereocenters. The van der Waals surface area contributed by atoms with Gasteiger partial charge in [-0.2, -0.15) is 0 Å². The van der Waals surface area contributed by atoms with Crippen molar-refractivity contribution in [2.24, 2.45) is 39.7 Å². The number of Topliss-reactive ketones (excluding diaryl/α,β-unsaturated/α-hetero) is 1. The van der Waals surface area contributed by atoms with Crippen LogP contribution in [-0.2, 0) is 23.9 Å². The molecule has 3 saturated carbocycles. The maximum absolute atomic E-state index is 14.7. The fourth-order valence-corrected chi connectivity index (χ4v) is 7.61. The summed E-state index contributed by atoms with van der Waals surface area (Å²) in [4.78, 5) is 54.8. The molecule has 3 amide bonds. The van der Waals surface area contributed by atoms with Crippen molar-refractivity contribution in [3.8, 4) is 0 Å². The molecule has 0 aromatic heterocycles. The Hall–Kier alpha value is -2.62. The number of hydrogen-bond donors (Lipinski definition) is 4. The highest BCUT2D eigenvalue weighted by atomic mass is 16.5. The Morgan fingerprint density at radius 1 is 1.02 bits per heavy atom. The molecule has 10 heteroatoms. The first kappa shape index (κ1) is 33.3. The molecule has 242 valence electrons. The zero-order valence-electron chi connectivity index (χ0n) is 27.4. The maximum atomic E-state index is 14.7. The van der Waals surface area contributed by atoms with Crippen molar-refractivity contribution in [2.75, 3.05) is 20.3 Å². The minimum Gasteiger partial charge on any atom is -0.383 e. The summed E-state index contributed by atoms with van der Waals surface area (Å²) in [5.41, 5.74) is 4.82. The summed E-state index contributed by atoms with van der Waals surface area (Å²) in [6, 6.07) is -2.29. The smallest absolute Gasteiger partial charge is 0.287 e. The summed E-state index contributed by atoms with van der Waals surface area (Å²) in [6.07, 6.45) is 7.33.